The molecule has 0 spiro atoms. The van der Waals surface area contributed by atoms with Crippen LogP contribution in [0.5, 0.6) is 0 Å². The van der Waals surface area contributed by atoms with Crippen molar-refractivity contribution >= 4 is 29.1 Å². The van der Waals surface area contributed by atoms with Gasteiger partial charge in [0.1, 0.15) is 11.9 Å². The van der Waals surface area contributed by atoms with Crippen LogP contribution in [0, 0.1) is 17.7 Å². The molecule has 3 rings (SSSR count). The standard InChI is InChI=1S/C23H28FN3O4/c1-14(2)20(27-22(29)19-9-6-12-31-19)23(30)25-16-10-11-17(24)18(13-16)26-21(28)15-7-4-3-5-8-15/h6,9-15,20H,3-5,7-8H2,1-2H3,(H,25,30)(H,26,28)(H,27,29). The summed E-state index contributed by atoms with van der Waals surface area (Å²) in [7, 11) is 0. The highest BCUT2D eigenvalue weighted by Crippen LogP contribution is 2.26. The Morgan fingerprint density at radius 3 is 2.45 bits per heavy atom. The molecule has 1 saturated carbocycles. The number of hydrogen-bond acceptors (Lipinski definition) is 4. The van der Waals surface area contributed by atoms with Gasteiger partial charge in [-0.2, -0.15) is 0 Å². The average molecular weight is 429 g/mol. The number of nitrogens with one attached hydrogen (secondary N) is 3. The van der Waals surface area contributed by atoms with Crippen molar-refractivity contribution in [1.29, 1.82) is 0 Å². The van der Waals surface area contributed by atoms with Gasteiger partial charge < -0.3 is 20.4 Å². The fourth-order valence-electron chi connectivity index (χ4n) is 3.67. The van der Waals surface area contributed by atoms with Gasteiger partial charge in [-0.25, -0.2) is 4.39 Å². The van der Waals surface area contributed by atoms with E-state index in [9.17, 15) is 18.8 Å². The molecule has 1 aliphatic rings. The Labute approximate surface area is 180 Å². The van der Waals surface area contributed by atoms with Crippen LogP contribution in [-0.2, 0) is 9.59 Å². The van der Waals surface area contributed by atoms with Gasteiger partial charge in [-0.3, -0.25) is 14.4 Å². The number of hydrogen-bond donors (Lipinski definition) is 3. The fourth-order valence-corrected chi connectivity index (χ4v) is 3.67. The SMILES string of the molecule is CC(C)C(NC(=O)c1ccco1)C(=O)Nc1ccc(F)c(NC(=O)C2CCCCC2)c1. The highest BCUT2D eigenvalue weighted by atomic mass is 19.1. The van der Waals surface area contributed by atoms with Crippen LogP contribution in [0.15, 0.2) is 41.0 Å². The van der Waals surface area contributed by atoms with Crippen LogP contribution in [0.25, 0.3) is 0 Å². The molecule has 7 nitrogen and oxygen atoms in total. The summed E-state index contributed by atoms with van der Waals surface area (Å²) in [5.74, 6) is -1.95. The third kappa shape index (κ3) is 5.93. The van der Waals surface area contributed by atoms with Crippen LogP contribution >= 0.6 is 0 Å². The number of carbonyl (C=O) groups excluding carboxylic acids is 3. The molecule has 8 heteroatoms. The normalized spacial score (nSPS) is 15.4. The van der Waals surface area contributed by atoms with Crippen molar-refractivity contribution in [3.63, 3.8) is 0 Å². The number of amides is 3. The van der Waals surface area contributed by atoms with Crippen LogP contribution in [0.3, 0.4) is 0 Å². The first-order chi connectivity index (χ1) is 14.8. The van der Waals surface area contributed by atoms with E-state index in [0.717, 1.165) is 32.1 Å². The summed E-state index contributed by atoms with van der Waals surface area (Å²) in [5.41, 5.74) is 0.345. The van der Waals surface area contributed by atoms with Crippen molar-refractivity contribution in [1.82, 2.24) is 5.32 Å². The van der Waals surface area contributed by atoms with Gasteiger partial charge in [0.25, 0.3) is 5.91 Å². The molecule has 31 heavy (non-hydrogen) atoms. The van der Waals surface area contributed by atoms with E-state index >= 15 is 0 Å². The maximum Gasteiger partial charge on any atom is 0.287 e. The lowest BCUT2D eigenvalue weighted by Crippen LogP contribution is -2.47. The molecule has 166 valence electrons. The second-order valence-electron chi connectivity index (χ2n) is 8.18. The number of carbonyl (C=O) groups is 3. The number of rotatable bonds is 7. The summed E-state index contributed by atoms with van der Waals surface area (Å²) in [6.07, 6.45) is 6.09. The minimum Gasteiger partial charge on any atom is -0.459 e. The van der Waals surface area contributed by atoms with Gasteiger partial charge in [-0.05, 0) is 49.1 Å². The Morgan fingerprint density at radius 1 is 1.06 bits per heavy atom. The van der Waals surface area contributed by atoms with Gasteiger partial charge in [-0.1, -0.05) is 33.1 Å². The predicted octanol–water partition coefficient (Wildman–Crippen LogP) is 4.33. The van der Waals surface area contributed by atoms with Crippen molar-refractivity contribution in [2.24, 2.45) is 11.8 Å². The molecule has 1 atom stereocenters. The Hall–Kier alpha value is -3.16. The van der Waals surface area contributed by atoms with E-state index in [1.807, 2.05) is 0 Å². The molecule has 0 radical (unpaired) electrons. The molecule has 1 aromatic heterocycles. The minimum atomic E-state index is -0.831. The van der Waals surface area contributed by atoms with Crippen LogP contribution in [0.4, 0.5) is 15.8 Å². The van der Waals surface area contributed by atoms with Crippen molar-refractivity contribution in [2.75, 3.05) is 10.6 Å². The van der Waals surface area contributed by atoms with Crippen LogP contribution in [0.2, 0.25) is 0 Å². The summed E-state index contributed by atoms with van der Waals surface area (Å²) >= 11 is 0. The molecule has 1 heterocycles. The zero-order chi connectivity index (χ0) is 22.4. The zero-order valence-electron chi connectivity index (χ0n) is 17.7. The van der Waals surface area contributed by atoms with Gasteiger partial charge >= 0.3 is 0 Å². The van der Waals surface area contributed by atoms with E-state index < -0.39 is 23.7 Å². The smallest absolute Gasteiger partial charge is 0.287 e. The van der Waals surface area contributed by atoms with Crippen molar-refractivity contribution in [2.45, 2.75) is 52.0 Å². The van der Waals surface area contributed by atoms with E-state index in [1.165, 1.54) is 30.5 Å². The molecular formula is C23H28FN3O4. The molecule has 1 aromatic carbocycles. The summed E-state index contributed by atoms with van der Waals surface area (Å²) in [6, 6.07) is 6.25. The summed E-state index contributed by atoms with van der Waals surface area (Å²) in [6.45, 7) is 3.60. The van der Waals surface area contributed by atoms with Crippen molar-refractivity contribution < 1.29 is 23.2 Å². The average Bonchev–Trinajstić information content (AvgIpc) is 3.29. The van der Waals surface area contributed by atoms with Crippen molar-refractivity contribution in [3.8, 4) is 0 Å². The zero-order valence-corrected chi connectivity index (χ0v) is 17.7. The molecule has 1 unspecified atom stereocenters. The minimum absolute atomic E-state index is 0.0223. The molecule has 2 aromatic rings. The number of halogens is 1. The summed E-state index contributed by atoms with van der Waals surface area (Å²) in [5, 5.41) is 7.99. The Bertz CT molecular complexity index is 921. The fraction of sp³-hybridized carbons (Fsp3) is 0.435. The topological polar surface area (TPSA) is 100 Å². The molecule has 0 bridgehead atoms. The highest BCUT2D eigenvalue weighted by Gasteiger charge is 2.26. The quantitative estimate of drug-likeness (QED) is 0.610. The lowest BCUT2D eigenvalue weighted by atomic mass is 9.88. The monoisotopic (exact) mass is 429 g/mol. The van der Waals surface area contributed by atoms with Crippen molar-refractivity contribution in [3.05, 3.63) is 48.2 Å². The van der Waals surface area contributed by atoms with E-state index in [1.54, 1.807) is 19.9 Å². The van der Waals surface area contributed by atoms with Crippen LogP contribution < -0.4 is 16.0 Å². The number of anilines is 2. The number of furan rings is 1. The molecule has 1 aliphatic carbocycles. The van der Waals surface area contributed by atoms with E-state index in [4.69, 9.17) is 4.42 Å². The first-order valence-corrected chi connectivity index (χ1v) is 10.6. The summed E-state index contributed by atoms with van der Waals surface area (Å²) < 4.78 is 19.3. The molecule has 3 amide bonds. The van der Waals surface area contributed by atoms with Gasteiger partial charge in [-0.15, -0.1) is 0 Å². The third-order valence-corrected chi connectivity index (χ3v) is 5.45. The second-order valence-corrected chi connectivity index (χ2v) is 8.18. The van der Waals surface area contributed by atoms with E-state index in [-0.39, 0.29) is 29.2 Å². The summed E-state index contributed by atoms with van der Waals surface area (Å²) in [4.78, 5) is 37.5. The molecule has 0 saturated heterocycles. The van der Waals surface area contributed by atoms with Gasteiger partial charge in [0, 0.05) is 11.6 Å². The molecule has 1 fully saturated rings. The molecule has 3 N–H and O–H groups in total. The Kier molecular flexibility index (Phi) is 7.44. The Morgan fingerprint density at radius 2 is 1.81 bits per heavy atom. The largest absolute Gasteiger partial charge is 0.459 e. The highest BCUT2D eigenvalue weighted by molar-refractivity contribution is 6.01. The number of benzene rings is 1. The van der Waals surface area contributed by atoms with Gasteiger partial charge in [0.15, 0.2) is 5.76 Å². The first kappa shape index (κ1) is 22.5. The Balaban J connectivity index is 1.67. The third-order valence-electron chi connectivity index (χ3n) is 5.45. The maximum atomic E-state index is 14.3. The van der Waals surface area contributed by atoms with Crippen LogP contribution in [-0.4, -0.2) is 23.8 Å². The van der Waals surface area contributed by atoms with Crippen LogP contribution in [0.1, 0.15) is 56.5 Å². The maximum absolute atomic E-state index is 14.3. The lowest BCUT2D eigenvalue weighted by Gasteiger charge is -2.22. The lowest BCUT2D eigenvalue weighted by molar-refractivity contribution is -0.121. The molecule has 0 aliphatic heterocycles. The molecular weight excluding hydrogens is 401 g/mol. The van der Waals surface area contributed by atoms with E-state index in [0.29, 0.717) is 5.69 Å². The van der Waals surface area contributed by atoms with Gasteiger partial charge in [0.05, 0.1) is 12.0 Å². The van der Waals surface area contributed by atoms with E-state index in [2.05, 4.69) is 16.0 Å². The van der Waals surface area contributed by atoms with Gasteiger partial charge in [0.2, 0.25) is 11.8 Å². The first-order valence-electron chi connectivity index (χ1n) is 10.6. The second kappa shape index (κ2) is 10.2. The predicted molar refractivity (Wildman–Crippen MR) is 115 cm³/mol.